The Labute approximate surface area is 114 Å². The first kappa shape index (κ1) is 11.3. The number of rotatable bonds is 2. The molecule has 0 aromatic carbocycles. The molecule has 0 fully saturated rings. The molecule has 20 heavy (non-hydrogen) atoms. The fraction of sp³-hybridized carbons (Fsp3) is 0.417. The summed E-state index contributed by atoms with van der Waals surface area (Å²) in [6.07, 6.45) is 6.92. The van der Waals surface area contributed by atoms with E-state index in [9.17, 15) is 0 Å². The maximum absolute atomic E-state index is 4.34. The average Bonchev–Trinajstić information content (AvgIpc) is 3.06. The third-order valence-corrected chi connectivity index (χ3v) is 3.68. The Kier molecular flexibility index (Phi) is 2.41. The van der Waals surface area contributed by atoms with Gasteiger partial charge >= 0.3 is 0 Å². The zero-order valence-corrected chi connectivity index (χ0v) is 11.1. The molecule has 0 unspecified atom stereocenters. The molecule has 0 spiro atoms. The lowest BCUT2D eigenvalue weighted by molar-refractivity contribution is 0.441. The van der Waals surface area contributed by atoms with E-state index in [0.717, 1.165) is 42.1 Å². The number of hydrogen-bond acceptors (Lipinski definition) is 6. The summed E-state index contributed by atoms with van der Waals surface area (Å²) in [5.74, 6) is 1.88. The van der Waals surface area contributed by atoms with Crippen LogP contribution in [-0.2, 0) is 20.0 Å². The number of aryl methyl sites for hydroxylation is 2. The summed E-state index contributed by atoms with van der Waals surface area (Å²) in [6, 6.07) is 0.294. The van der Waals surface area contributed by atoms with Crippen LogP contribution in [-0.4, -0.2) is 40.6 Å². The van der Waals surface area contributed by atoms with Crippen molar-refractivity contribution in [2.45, 2.75) is 25.4 Å². The average molecular weight is 270 g/mol. The highest BCUT2D eigenvalue weighted by Crippen LogP contribution is 2.21. The summed E-state index contributed by atoms with van der Waals surface area (Å²) in [6.45, 7) is 0.807. The minimum atomic E-state index is 0.294. The van der Waals surface area contributed by atoms with Crippen LogP contribution >= 0.6 is 0 Å². The second-order valence-corrected chi connectivity index (χ2v) is 4.97. The largest absolute Gasteiger partial charge is 0.365 e. The van der Waals surface area contributed by atoms with Crippen molar-refractivity contribution < 1.29 is 0 Å². The fourth-order valence-electron chi connectivity index (χ4n) is 2.63. The van der Waals surface area contributed by atoms with Crippen molar-refractivity contribution >= 4 is 16.9 Å². The first-order valence-corrected chi connectivity index (χ1v) is 6.57. The molecular weight excluding hydrogens is 256 g/mol. The monoisotopic (exact) mass is 270 g/mol. The van der Waals surface area contributed by atoms with Gasteiger partial charge in [-0.1, -0.05) is 0 Å². The summed E-state index contributed by atoms with van der Waals surface area (Å²) in [5, 5.41) is 12.9. The minimum Gasteiger partial charge on any atom is -0.365 e. The smallest absolute Gasteiger partial charge is 0.163 e. The van der Waals surface area contributed by atoms with Gasteiger partial charge in [-0.05, 0) is 6.42 Å². The number of hydrogen-bond donors (Lipinski definition) is 1. The highest BCUT2D eigenvalue weighted by molar-refractivity contribution is 5.86. The van der Waals surface area contributed by atoms with Gasteiger partial charge in [0.2, 0.25) is 0 Å². The Bertz CT molecular complexity index is 758. The zero-order chi connectivity index (χ0) is 13.5. The maximum atomic E-state index is 4.34. The molecule has 4 rings (SSSR count). The lowest BCUT2D eigenvalue weighted by atomic mass is 10.1. The molecule has 1 aliphatic heterocycles. The van der Waals surface area contributed by atoms with Crippen molar-refractivity contribution in [2.24, 2.45) is 7.05 Å². The van der Waals surface area contributed by atoms with E-state index >= 15 is 0 Å². The Hall–Kier alpha value is -2.51. The van der Waals surface area contributed by atoms with E-state index in [4.69, 9.17) is 0 Å². The van der Waals surface area contributed by atoms with Gasteiger partial charge in [0.05, 0.1) is 18.1 Å². The molecule has 3 aromatic heterocycles. The van der Waals surface area contributed by atoms with Crippen LogP contribution in [0.4, 0.5) is 5.82 Å². The maximum Gasteiger partial charge on any atom is 0.163 e. The first-order chi connectivity index (χ1) is 9.81. The van der Waals surface area contributed by atoms with Crippen LogP contribution in [0.25, 0.3) is 11.0 Å². The third kappa shape index (κ3) is 1.72. The number of anilines is 1. The standard InChI is InChI=1S/C12H14N8/c1-19-12-9(4-16-19)11(14-6-15-12)18-8-2-3-10-13-7-17-20(10)5-8/h4,6-8H,2-3,5H2,1H3,(H,14,15,18)/t8-/m1/s1. The van der Waals surface area contributed by atoms with Crippen molar-refractivity contribution in [3.8, 4) is 0 Å². The van der Waals surface area contributed by atoms with Crippen LogP contribution in [0.2, 0.25) is 0 Å². The van der Waals surface area contributed by atoms with Crippen LogP contribution in [0.1, 0.15) is 12.2 Å². The van der Waals surface area contributed by atoms with Crippen LogP contribution in [0.15, 0.2) is 18.9 Å². The van der Waals surface area contributed by atoms with Crippen molar-refractivity contribution in [3.63, 3.8) is 0 Å². The molecule has 8 nitrogen and oxygen atoms in total. The third-order valence-electron chi connectivity index (χ3n) is 3.68. The molecule has 3 aromatic rings. The molecule has 0 bridgehead atoms. The predicted molar refractivity (Wildman–Crippen MR) is 72.1 cm³/mol. The molecule has 1 atom stereocenters. The van der Waals surface area contributed by atoms with E-state index in [1.165, 1.54) is 0 Å². The van der Waals surface area contributed by atoms with Crippen LogP contribution in [0.5, 0.6) is 0 Å². The van der Waals surface area contributed by atoms with E-state index in [0.29, 0.717) is 6.04 Å². The van der Waals surface area contributed by atoms with Gasteiger partial charge in [0.25, 0.3) is 0 Å². The van der Waals surface area contributed by atoms with Crippen molar-refractivity contribution in [2.75, 3.05) is 5.32 Å². The molecule has 0 saturated carbocycles. The molecule has 1 aliphatic rings. The summed E-state index contributed by atoms with van der Waals surface area (Å²) >= 11 is 0. The number of fused-ring (bicyclic) bond motifs is 2. The Morgan fingerprint density at radius 1 is 1.20 bits per heavy atom. The number of nitrogens with one attached hydrogen (secondary N) is 1. The van der Waals surface area contributed by atoms with Crippen LogP contribution < -0.4 is 5.32 Å². The predicted octanol–water partition coefficient (Wildman–Crippen LogP) is 0.382. The van der Waals surface area contributed by atoms with Gasteiger partial charge in [0.1, 0.15) is 24.3 Å². The second kappa shape index (κ2) is 4.26. The van der Waals surface area contributed by atoms with Crippen molar-refractivity contribution in [3.05, 3.63) is 24.7 Å². The zero-order valence-electron chi connectivity index (χ0n) is 11.1. The minimum absolute atomic E-state index is 0.294. The van der Waals surface area contributed by atoms with Gasteiger partial charge in [0, 0.05) is 19.5 Å². The van der Waals surface area contributed by atoms with E-state index in [1.807, 2.05) is 11.7 Å². The van der Waals surface area contributed by atoms with Crippen LogP contribution in [0.3, 0.4) is 0 Å². The highest BCUT2D eigenvalue weighted by atomic mass is 15.3. The number of aromatic nitrogens is 7. The summed E-state index contributed by atoms with van der Waals surface area (Å²) in [7, 11) is 1.88. The molecule has 4 heterocycles. The fourth-order valence-corrected chi connectivity index (χ4v) is 2.63. The van der Waals surface area contributed by atoms with E-state index in [-0.39, 0.29) is 0 Å². The Morgan fingerprint density at radius 2 is 2.15 bits per heavy atom. The van der Waals surface area contributed by atoms with Crippen LogP contribution in [0, 0.1) is 0 Å². The summed E-state index contributed by atoms with van der Waals surface area (Å²) in [5.41, 5.74) is 0.833. The summed E-state index contributed by atoms with van der Waals surface area (Å²) in [4.78, 5) is 12.8. The topological polar surface area (TPSA) is 86.3 Å². The molecular formula is C12H14N8. The number of nitrogens with zero attached hydrogens (tertiary/aromatic N) is 7. The second-order valence-electron chi connectivity index (χ2n) is 4.97. The van der Waals surface area contributed by atoms with Gasteiger partial charge in [-0.25, -0.2) is 19.6 Å². The molecule has 1 N–H and O–H groups in total. The normalized spacial score (nSPS) is 18.1. The van der Waals surface area contributed by atoms with Gasteiger partial charge in [-0.2, -0.15) is 10.2 Å². The van der Waals surface area contributed by atoms with E-state index in [1.54, 1.807) is 23.5 Å². The highest BCUT2D eigenvalue weighted by Gasteiger charge is 2.21. The Balaban J connectivity index is 1.62. The van der Waals surface area contributed by atoms with Gasteiger partial charge in [-0.15, -0.1) is 0 Å². The van der Waals surface area contributed by atoms with Crippen molar-refractivity contribution in [1.82, 2.24) is 34.5 Å². The molecule has 102 valence electrons. The molecule has 0 radical (unpaired) electrons. The van der Waals surface area contributed by atoms with Gasteiger partial charge in [-0.3, -0.25) is 4.68 Å². The quantitative estimate of drug-likeness (QED) is 0.724. The van der Waals surface area contributed by atoms with Gasteiger partial charge in [0.15, 0.2) is 5.65 Å². The first-order valence-electron chi connectivity index (χ1n) is 6.57. The molecule has 0 amide bonds. The lowest BCUT2D eigenvalue weighted by Gasteiger charge is -2.24. The van der Waals surface area contributed by atoms with Gasteiger partial charge < -0.3 is 5.32 Å². The van der Waals surface area contributed by atoms with E-state index in [2.05, 4.69) is 30.5 Å². The molecule has 8 heteroatoms. The molecule has 0 aliphatic carbocycles. The lowest BCUT2D eigenvalue weighted by Crippen LogP contribution is -2.32. The SMILES string of the molecule is Cn1ncc2c(N[C@@H]3CCc4ncnn4C3)ncnc21. The Morgan fingerprint density at radius 3 is 3.10 bits per heavy atom. The van der Waals surface area contributed by atoms with E-state index < -0.39 is 0 Å². The molecule has 0 saturated heterocycles. The van der Waals surface area contributed by atoms with Crippen molar-refractivity contribution in [1.29, 1.82) is 0 Å². The summed E-state index contributed by atoms with van der Waals surface area (Å²) < 4.78 is 3.70.